The highest BCUT2D eigenvalue weighted by molar-refractivity contribution is 6.02. The van der Waals surface area contributed by atoms with Gasteiger partial charge < -0.3 is 0 Å². The fourth-order valence-electron chi connectivity index (χ4n) is 4.76. The number of fused-ring (bicyclic) bond motifs is 3. The molecular formula is C22H20FN3O. The van der Waals surface area contributed by atoms with Crippen molar-refractivity contribution in [3.63, 3.8) is 0 Å². The lowest BCUT2D eigenvalue weighted by atomic mass is 9.57. The predicted molar refractivity (Wildman–Crippen MR) is 99.2 cm³/mol. The Morgan fingerprint density at radius 1 is 1.30 bits per heavy atom. The summed E-state index contributed by atoms with van der Waals surface area (Å²) in [5.74, 6) is -0.0215. The predicted octanol–water partition coefficient (Wildman–Crippen LogP) is 4.08. The fourth-order valence-corrected chi connectivity index (χ4v) is 4.76. The molecule has 5 heteroatoms. The van der Waals surface area contributed by atoms with Gasteiger partial charge in [0.05, 0.1) is 17.0 Å². The van der Waals surface area contributed by atoms with Gasteiger partial charge in [0, 0.05) is 22.5 Å². The normalized spacial score (nSPS) is 26.6. The van der Waals surface area contributed by atoms with Crippen molar-refractivity contribution in [3.05, 3.63) is 58.8 Å². The van der Waals surface area contributed by atoms with Gasteiger partial charge in [-0.1, -0.05) is 32.1 Å². The third-order valence-electron chi connectivity index (χ3n) is 6.08. The SMILES string of the molecule is Cc1nc(-c2ccccc2F)c2c(n1)[C@]1(C)C=C(C#N)C(=O)[C@H](C)[C@H]1CC2. The van der Waals surface area contributed by atoms with E-state index in [1.54, 1.807) is 31.2 Å². The summed E-state index contributed by atoms with van der Waals surface area (Å²) in [7, 11) is 0. The van der Waals surface area contributed by atoms with Crippen molar-refractivity contribution in [1.82, 2.24) is 9.97 Å². The van der Waals surface area contributed by atoms with Crippen molar-refractivity contribution < 1.29 is 9.18 Å². The highest BCUT2D eigenvalue weighted by Gasteiger charge is 2.49. The Labute approximate surface area is 157 Å². The first kappa shape index (κ1) is 17.5. The van der Waals surface area contributed by atoms with Crippen molar-refractivity contribution in [2.24, 2.45) is 11.8 Å². The summed E-state index contributed by atoms with van der Waals surface area (Å²) in [5.41, 5.74) is 2.46. The van der Waals surface area contributed by atoms with E-state index >= 15 is 0 Å². The summed E-state index contributed by atoms with van der Waals surface area (Å²) in [5, 5.41) is 9.43. The molecule has 2 aromatic rings. The number of nitrogens with zero attached hydrogens (tertiary/aromatic N) is 3. The number of aromatic nitrogens is 2. The minimum Gasteiger partial charge on any atom is -0.293 e. The third-order valence-corrected chi connectivity index (χ3v) is 6.08. The van der Waals surface area contributed by atoms with Crippen LogP contribution in [0.4, 0.5) is 4.39 Å². The summed E-state index contributed by atoms with van der Waals surface area (Å²) >= 11 is 0. The summed E-state index contributed by atoms with van der Waals surface area (Å²) in [6.07, 6.45) is 3.24. The molecule has 0 spiro atoms. The fraction of sp³-hybridized carbons (Fsp3) is 0.364. The van der Waals surface area contributed by atoms with Gasteiger partial charge in [0.25, 0.3) is 0 Å². The van der Waals surface area contributed by atoms with E-state index in [9.17, 15) is 14.4 Å². The first-order chi connectivity index (χ1) is 12.9. The van der Waals surface area contributed by atoms with Crippen LogP contribution in [0.5, 0.6) is 0 Å². The van der Waals surface area contributed by atoms with Crippen molar-refractivity contribution in [2.45, 2.75) is 39.0 Å². The average molecular weight is 361 g/mol. The lowest BCUT2D eigenvalue weighted by molar-refractivity contribution is -0.121. The van der Waals surface area contributed by atoms with Gasteiger partial charge in [0.2, 0.25) is 0 Å². The number of Topliss-reactive ketones (excluding diaryl/α,β-unsaturated/α-hetero) is 1. The number of rotatable bonds is 1. The minimum atomic E-state index is -0.542. The maximum atomic E-state index is 14.5. The highest BCUT2D eigenvalue weighted by Crippen LogP contribution is 2.50. The minimum absolute atomic E-state index is 0.0670. The van der Waals surface area contributed by atoms with E-state index < -0.39 is 5.41 Å². The quantitative estimate of drug-likeness (QED) is 0.768. The molecule has 0 bridgehead atoms. The van der Waals surface area contributed by atoms with Crippen LogP contribution in [0.3, 0.4) is 0 Å². The molecule has 0 saturated heterocycles. The molecule has 0 radical (unpaired) electrons. The van der Waals surface area contributed by atoms with Gasteiger partial charge in [-0.25, -0.2) is 14.4 Å². The van der Waals surface area contributed by atoms with Gasteiger partial charge in [0.15, 0.2) is 5.78 Å². The van der Waals surface area contributed by atoms with Crippen LogP contribution in [0.1, 0.15) is 37.4 Å². The number of hydrogen-bond acceptors (Lipinski definition) is 4. The Balaban J connectivity index is 2.00. The van der Waals surface area contributed by atoms with Gasteiger partial charge in [-0.05, 0) is 37.8 Å². The number of carbonyl (C=O) groups excluding carboxylic acids is 1. The molecule has 2 aliphatic carbocycles. The Bertz CT molecular complexity index is 1040. The smallest absolute Gasteiger partial charge is 0.176 e. The zero-order chi connectivity index (χ0) is 19.3. The number of carbonyl (C=O) groups is 1. The largest absolute Gasteiger partial charge is 0.293 e. The first-order valence-corrected chi connectivity index (χ1v) is 9.17. The van der Waals surface area contributed by atoms with Crippen LogP contribution in [-0.2, 0) is 16.6 Å². The zero-order valence-corrected chi connectivity index (χ0v) is 15.6. The molecule has 4 rings (SSSR count). The number of halogens is 1. The number of hydrogen-bond donors (Lipinski definition) is 0. The van der Waals surface area contributed by atoms with Crippen LogP contribution in [0.15, 0.2) is 35.9 Å². The van der Waals surface area contributed by atoms with Gasteiger partial charge >= 0.3 is 0 Å². The molecule has 1 aromatic heterocycles. The number of ketones is 1. The van der Waals surface area contributed by atoms with Gasteiger partial charge in [0.1, 0.15) is 17.7 Å². The van der Waals surface area contributed by atoms with E-state index in [4.69, 9.17) is 4.98 Å². The second-order valence-electron chi connectivity index (χ2n) is 7.68. The highest BCUT2D eigenvalue weighted by atomic mass is 19.1. The molecule has 0 fully saturated rings. The van der Waals surface area contributed by atoms with Crippen molar-refractivity contribution >= 4 is 5.78 Å². The van der Waals surface area contributed by atoms with Crippen LogP contribution < -0.4 is 0 Å². The number of aryl methyl sites for hydroxylation is 1. The second kappa shape index (κ2) is 6.09. The molecule has 4 nitrogen and oxygen atoms in total. The van der Waals surface area contributed by atoms with Crippen LogP contribution in [0, 0.1) is 35.9 Å². The lowest BCUT2D eigenvalue weighted by Gasteiger charge is -2.45. The Kier molecular flexibility index (Phi) is 3.96. The molecule has 27 heavy (non-hydrogen) atoms. The Morgan fingerprint density at radius 2 is 2.04 bits per heavy atom. The van der Waals surface area contributed by atoms with Gasteiger partial charge in [-0.15, -0.1) is 0 Å². The summed E-state index contributed by atoms with van der Waals surface area (Å²) in [6, 6.07) is 8.67. The standard InChI is InChI=1S/C22H20FN3O/c1-12-17-9-8-16-19(15-6-4-5-7-18(15)23)25-13(2)26-21(16)22(17,3)10-14(11-24)20(12)27/h4-7,10,12,17H,8-9H2,1-3H3/t12-,17-,22-/m1/s1. The van der Waals surface area contributed by atoms with E-state index in [2.05, 4.69) is 11.1 Å². The van der Waals surface area contributed by atoms with Crippen LogP contribution >= 0.6 is 0 Å². The molecule has 136 valence electrons. The second-order valence-corrected chi connectivity index (χ2v) is 7.68. The van der Waals surface area contributed by atoms with Crippen molar-refractivity contribution in [3.8, 4) is 17.3 Å². The van der Waals surface area contributed by atoms with Gasteiger partial charge in [-0.3, -0.25) is 4.79 Å². The topological polar surface area (TPSA) is 66.6 Å². The number of allylic oxidation sites excluding steroid dienone is 2. The molecule has 0 aliphatic heterocycles. The van der Waals surface area contributed by atoms with E-state index in [-0.39, 0.29) is 29.0 Å². The van der Waals surface area contributed by atoms with Crippen LogP contribution in [0.2, 0.25) is 0 Å². The number of nitriles is 1. The van der Waals surface area contributed by atoms with Crippen molar-refractivity contribution in [2.75, 3.05) is 0 Å². The van der Waals surface area contributed by atoms with E-state index in [0.717, 1.165) is 17.7 Å². The Morgan fingerprint density at radius 3 is 2.74 bits per heavy atom. The molecule has 1 heterocycles. The number of benzene rings is 1. The average Bonchev–Trinajstić information content (AvgIpc) is 2.65. The third kappa shape index (κ3) is 2.51. The molecule has 0 saturated carbocycles. The first-order valence-electron chi connectivity index (χ1n) is 9.17. The zero-order valence-electron chi connectivity index (χ0n) is 15.6. The summed E-state index contributed by atoms with van der Waals surface area (Å²) in [6.45, 7) is 5.73. The molecule has 3 atom stereocenters. The maximum Gasteiger partial charge on any atom is 0.176 e. The molecule has 0 N–H and O–H groups in total. The Hall–Kier alpha value is -2.87. The monoisotopic (exact) mass is 361 g/mol. The van der Waals surface area contributed by atoms with Crippen LogP contribution in [-0.4, -0.2) is 15.8 Å². The summed E-state index contributed by atoms with van der Waals surface area (Å²) < 4.78 is 14.5. The molecule has 0 unspecified atom stereocenters. The molecule has 1 aromatic carbocycles. The lowest BCUT2D eigenvalue weighted by Crippen LogP contribution is -2.46. The van der Waals surface area contributed by atoms with Gasteiger partial charge in [-0.2, -0.15) is 5.26 Å². The van der Waals surface area contributed by atoms with E-state index in [1.165, 1.54) is 6.07 Å². The van der Waals surface area contributed by atoms with Crippen LogP contribution in [0.25, 0.3) is 11.3 Å². The molecule has 2 aliphatic rings. The molecular weight excluding hydrogens is 341 g/mol. The molecule has 0 amide bonds. The maximum absolute atomic E-state index is 14.5. The van der Waals surface area contributed by atoms with E-state index in [0.29, 0.717) is 23.5 Å². The summed E-state index contributed by atoms with van der Waals surface area (Å²) in [4.78, 5) is 21.8. The van der Waals surface area contributed by atoms with E-state index in [1.807, 2.05) is 13.8 Å². The van der Waals surface area contributed by atoms with Crippen molar-refractivity contribution in [1.29, 1.82) is 5.26 Å².